The fourth-order valence-corrected chi connectivity index (χ4v) is 2.52. The van der Waals surface area contributed by atoms with Crippen molar-refractivity contribution >= 4 is 38.4 Å². The van der Waals surface area contributed by atoms with Crippen molar-refractivity contribution in [1.29, 1.82) is 0 Å². The maximum atomic E-state index is 3.66. The van der Waals surface area contributed by atoms with Gasteiger partial charge in [0.1, 0.15) is 0 Å². The molecule has 0 aliphatic carbocycles. The van der Waals surface area contributed by atoms with Crippen LogP contribution >= 0.6 is 0 Å². The van der Waals surface area contributed by atoms with Gasteiger partial charge in [0.25, 0.3) is 0 Å². The molecule has 0 aliphatic rings. The SMILES string of the molecule is [Si]c1ccc(/C=C/c2ccccc2)c2ccccc12. The molecule has 0 unspecified atom stereocenters. The average molecular weight is 257 g/mol. The second-order valence-corrected chi connectivity index (χ2v) is 5.03. The van der Waals surface area contributed by atoms with E-state index in [1.807, 2.05) is 6.07 Å². The Morgan fingerprint density at radius 2 is 1.32 bits per heavy atom. The highest BCUT2D eigenvalue weighted by Gasteiger charge is 2.00. The maximum absolute atomic E-state index is 3.66. The van der Waals surface area contributed by atoms with E-state index in [1.165, 1.54) is 21.9 Å². The van der Waals surface area contributed by atoms with E-state index in [-0.39, 0.29) is 0 Å². The number of hydrogen-bond acceptors (Lipinski definition) is 0. The molecule has 0 aliphatic heterocycles. The Morgan fingerprint density at radius 1 is 0.632 bits per heavy atom. The van der Waals surface area contributed by atoms with Gasteiger partial charge >= 0.3 is 0 Å². The zero-order valence-electron chi connectivity index (χ0n) is 10.5. The van der Waals surface area contributed by atoms with Gasteiger partial charge in [-0.1, -0.05) is 84.1 Å². The molecule has 0 atom stereocenters. The van der Waals surface area contributed by atoms with Crippen LogP contribution in [0.4, 0.5) is 0 Å². The van der Waals surface area contributed by atoms with Gasteiger partial charge in [0.2, 0.25) is 0 Å². The van der Waals surface area contributed by atoms with Crippen LogP contribution in [0.2, 0.25) is 0 Å². The molecule has 0 saturated heterocycles. The van der Waals surface area contributed by atoms with Crippen LogP contribution in [0.3, 0.4) is 0 Å². The quantitative estimate of drug-likeness (QED) is 0.484. The predicted octanol–water partition coefficient (Wildman–Crippen LogP) is 3.80. The molecule has 0 saturated carbocycles. The molecule has 0 aromatic heterocycles. The summed E-state index contributed by atoms with van der Waals surface area (Å²) in [5.74, 6) is 0. The molecule has 3 aromatic rings. The van der Waals surface area contributed by atoms with E-state index in [0.717, 1.165) is 5.19 Å². The van der Waals surface area contributed by atoms with Crippen molar-refractivity contribution in [2.75, 3.05) is 0 Å². The third-order valence-electron chi connectivity index (χ3n) is 3.21. The maximum Gasteiger partial charge on any atom is 0.0720 e. The van der Waals surface area contributed by atoms with E-state index in [4.69, 9.17) is 0 Å². The van der Waals surface area contributed by atoms with E-state index < -0.39 is 0 Å². The van der Waals surface area contributed by atoms with Gasteiger partial charge in [-0.25, -0.2) is 0 Å². The zero-order valence-corrected chi connectivity index (χ0v) is 11.5. The minimum absolute atomic E-state index is 1.13. The van der Waals surface area contributed by atoms with Crippen LogP contribution in [-0.2, 0) is 0 Å². The molecule has 19 heavy (non-hydrogen) atoms. The minimum atomic E-state index is 1.13. The van der Waals surface area contributed by atoms with E-state index >= 15 is 0 Å². The van der Waals surface area contributed by atoms with Gasteiger partial charge in [-0.2, -0.15) is 0 Å². The molecule has 89 valence electrons. The Kier molecular flexibility index (Phi) is 3.30. The molecule has 0 bridgehead atoms. The van der Waals surface area contributed by atoms with E-state index in [0.29, 0.717) is 0 Å². The third kappa shape index (κ3) is 2.51. The summed E-state index contributed by atoms with van der Waals surface area (Å²) >= 11 is 0. The molecule has 0 heterocycles. The number of fused-ring (bicyclic) bond motifs is 1. The second-order valence-electron chi connectivity index (χ2n) is 4.49. The highest BCUT2D eigenvalue weighted by Crippen LogP contribution is 2.19. The summed E-state index contributed by atoms with van der Waals surface area (Å²) in [7, 11) is 3.66. The lowest BCUT2D eigenvalue weighted by Gasteiger charge is -2.05. The van der Waals surface area contributed by atoms with Crippen LogP contribution in [0.5, 0.6) is 0 Å². The first-order valence-corrected chi connectivity index (χ1v) is 6.81. The van der Waals surface area contributed by atoms with Crippen molar-refractivity contribution in [3.8, 4) is 0 Å². The first-order valence-electron chi connectivity index (χ1n) is 6.31. The lowest BCUT2D eigenvalue weighted by molar-refractivity contribution is 1.66. The van der Waals surface area contributed by atoms with Gasteiger partial charge in [0.15, 0.2) is 0 Å². The molecule has 0 fully saturated rings. The smallest absolute Gasteiger partial charge is 0.0626 e. The zero-order chi connectivity index (χ0) is 13.1. The third-order valence-corrected chi connectivity index (χ3v) is 3.65. The van der Waals surface area contributed by atoms with Gasteiger partial charge in [0, 0.05) is 0 Å². The fraction of sp³-hybridized carbons (Fsp3) is 0. The summed E-state index contributed by atoms with van der Waals surface area (Å²) in [6.07, 6.45) is 4.32. The summed E-state index contributed by atoms with van der Waals surface area (Å²) in [6, 6.07) is 23.0. The summed E-state index contributed by atoms with van der Waals surface area (Å²) in [5, 5.41) is 3.64. The highest BCUT2D eigenvalue weighted by molar-refractivity contribution is 6.39. The van der Waals surface area contributed by atoms with Crippen LogP contribution in [0.15, 0.2) is 66.7 Å². The van der Waals surface area contributed by atoms with Crippen molar-refractivity contribution < 1.29 is 0 Å². The Morgan fingerprint density at radius 3 is 2.11 bits per heavy atom. The normalized spacial score (nSPS) is 11.2. The van der Waals surface area contributed by atoms with E-state index in [2.05, 4.69) is 83.1 Å². The number of benzene rings is 3. The molecular weight excluding hydrogens is 244 g/mol. The number of hydrogen-bond donors (Lipinski definition) is 0. The molecule has 3 rings (SSSR count). The molecular formula is C18H13Si. The van der Waals surface area contributed by atoms with Gasteiger partial charge in [-0.3, -0.25) is 0 Å². The van der Waals surface area contributed by atoms with Gasteiger partial charge in [0.05, 0.1) is 10.2 Å². The van der Waals surface area contributed by atoms with Crippen molar-refractivity contribution in [2.45, 2.75) is 0 Å². The Labute approximate surface area is 116 Å². The van der Waals surface area contributed by atoms with Crippen molar-refractivity contribution in [3.63, 3.8) is 0 Å². The lowest BCUT2D eigenvalue weighted by atomic mass is 10.0. The van der Waals surface area contributed by atoms with Gasteiger partial charge in [-0.15, -0.1) is 0 Å². The second kappa shape index (κ2) is 5.25. The summed E-state index contributed by atoms with van der Waals surface area (Å²) in [6.45, 7) is 0. The molecule has 1 heteroatoms. The average Bonchev–Trinajstić information content (AvgIpc) is 2.48. The lowest BCUT2D eigenvalue weighted by Crippen LogP contribution is -2.03. The minimum Gasteiger partial charge on any atom is -0.0626 e. The Bertz CT molecular complexity index is 727. The van der Waals surface area contributed by atoms with Crippen molar-refractivity contribution in [1.82, 2.24) is 0 Å². The van der Waals surface area contributed by atoms with Gasteiger partial charge < -0.3 is 0 Å². The predicted molar refractivity (Wildman–Crippen MR) is 84.7 cm³/mol. The van der Waals surface area contributed by atoms with Crippen LogP contribution in [0.25, 0.3) is 22.9 Å². The first-order chi connectivity index (χ1) is 9.34. The van der Waals surface area contributed by atoms with Gasteiger partial charge in [-0.05, 0) is 21.9 Å². The Hall–Kier alpha value is -2.12. The van der Waals surface area contributed by atoms with Crippen LogP contribution < -0.4 is 5.19 Å². The van der Waals surface area contributed by atoms with E-state index in [1.54, 1.807) is 0 Å². The molecule has 3 aromatic carbocycles. The monoisotopic (exact) mass is 257 g/mol. The first kappa shape index (κ1) is 11.9. The highest BCUT2D eigenvalue weighted by atomic mass is 28.1. The molecule has 3 radical (unpaired) electrons. The Balaban J connectivity index is 2.07. The molecule has 0 N–H and O–H groups in total. The summed E-state index contributed by atoms with van der Waals surface area (Å²) in [4.78, 5) is 0. The van der Waals surface area contributed by atoms with Crippen molar-refractivity contribution in [3.05, 3.63) is 77.9 Å². The fourth-order valence-electron chi connectivity index (χ4n) is 2.22. The molecule has 0 amide bonds. The molecule has 0 spiro atoms. The van der Waals surface area contributed by atoms with E-state index in [9.17, 15) is 0 Å². The van der Waals surface area contributed by atoms with Crippen LogP contribution in [0, 0.1) is 0 Å². The largest absolute Gasteiger partial charge is 0.0720 e. The topological polar surface area (TPSA) is 0 Å². The summed E-state index contributed by atoms with van der Waals surface area (Å²) in [5.41, 5.74) is 2.45. The summed E-state index contributed by atoms with van der Waals surface area (Å²) < 4.78 is 0. The van der Waals surface area contributed by atoms with Crippen LogP contribution in [0.1, 0.15) is 11.1 Å². The van der Waals surface area contributed by atoms with Crippen LogP contribution in [-0.4, -0.2) is 10.2 Å². The molecule has 0 nitrogen and oxygen atoms in total. The van der Waals surface area contributed by atoms with Crippen molar-refractivity contribution in [2.24, 2.45) is 0 Å². The standard InChI is InChI=1S/C18H13Si/c19-18-13-12-15(16-8-4-5-9-17(16)18)11-10-14-6-2-1-3-7-14/h1-13H/b11-10+. The number of rotatable bonds is 2.